The van der Waals surface area contributed by atoms with Crippen molar-refractivity contribution in [2.24, 2.45) is 0 Å². The van der Waals surface area contributed by atoms with Gasteiger partial charge in [-0.25, -0.2) is 4.79 Å². The van der Waals surface area contributed by atoms with Gasteiger partial charge < -0.3 is 19.5 Å². The number of rotatable bonds is 9. The van der Waals surface area contributed by atoms with E-state index in [1.165, 1.54) is 0 Å². The highest BCUT2D eigenvalue weighted by molar-refractivity contribution is 6.04. The Balaban J connectivity index is 2.03. The SMILES string of the molecule is CCCOc1ccccc1[C@H]1C(C(=O)OCCOCC)=C(C)NC2=C1C(=O)CCC2. The van der Waals surface area contributed by atoms with Gasteiger partial charge in [0.15, 0.2) is 5.78 Å². The minimum absolute atomic E-state index is 0.0751. The summed E-state index contributed by atoms with van der Waals surface area (Å²) in [5.74, 6) is -0.156. The van der Waals surface area contributed by atoms with E-state index in [4.69, 9.17) is 14.2 Å². The maximum atomic E-state index is 13.1. The quantitative estimate of drug-likeness (QED) is 0.487. The molecular weight excluding hydrogens is 382 g/mol. The molecule has 0 saturated carbocycles. The van der Waals surface area contributed by atoms with E-state index in [2.05, 4.69) is 5.32 Å². The summed E-state index contributed by atoms with van der Waals surface area (Å²) >= 11 is 0. The lowest BCUT2D eigenvalue weighted by atomic mass is 9.75. The second kappa shape index (κ2) is 10.4. The van der Waals surface area contributed by atoms with Gasteiger partial charge in [-0.2, -0.15) is 0 Å². The van der Waals surface area contributed by atoms with E-state index in [0.717, 1.165) is 36.2 Å². The highest BCUT2D eigenvalue weighted by Gasteiger charge is 2.40. The molecule has 1 aliphatic heterocycles. The van der Waals surface area contributed by atoms with Gasteiger partial charge in [-0.1, -0.05) is 25.1 Å². The van der Waals surface area contributed by atoms with Gasteiger partial charge >= 0.3 is 5.97 Å². The first-order valence-electron chi connectivity index (χ1n) is 10.8. The molecule has 0 amide bonds. The number of hydrogen-bond donors (Lipinski definition) is 1. The molecule has 6 nitrogen and oxygen atoms in total. The van der Waals surface area contributed by atoms with E-state index < -0.39 is 11.9 Å². The largest absolute Gasteiger partial charge is 0.493 e. The van der Waals surface area contributed by atoms with Crippen LogP contribution in [0.15, 0.2) is 46.8 Å². The van der Waals surface area contributed by atoms with Crippen molar-refractivity contribution in [2.75, 3.05) is 26.4 Å². The molecule has 6 heteroatoms. The van der Waals surface area contributed by atoms with Crippen LogP contribution in [0, 0.1) is 0 Å². The number of ketones is 1. The Kier molecular flexibility index (Phi) is 7.69. The van der Waals surface area contributed by atoms with Crippen LogP contribution >= 0.6 is 0 Å². The smallest absolute Gasteiger partial charge is 0.336 e. The number of allylic oxidation sites excluding steroid dienone is 3. The summed E-state index contributed by atoms with van der Waals surface area (Å²) in [6.07, 6.45) is 2.96. The zero-order chi connectivity index (χ0) is 21.5. The van der Waals surface area contributed by atoms with Gasteiger partial charge in [-0.3, -0.25) is 4.79 Å². The molecule has 2 aliphatic rings. The monoisotopic (exact) mass is 413 g/mol. The van der Waals surface area contributed by atoms with Crippen molar-refractivity contribution in [1.29, 1.82) is 0 Å². The normalized spacial score (nSPS) is 18.8. The van der Waals surface area contributed by atoms with Crippen molar-refractivity contribution in [3.05, 3.63) is 52.4 Å². The maximum Gasteiger partial charge on any atom is 0.336 e. The Morgan fingerprint density at radius 1 is 1.13 bits per heavy atom. The van der Waals surface area contributed by atoms with Crippen LogP contribution in [0.2, 0.25) is 0 Å². The first-order valence-corrected chi connectivity index (χ1v) is 10.8. The van der Waals surface area contributed by atoms with Crippen molar-refractivity contribution in [3.63, 3.8) is 0 Å². The summed E-state index contributed by atoms with van der Waals surface area (Å²) in [5.41, 5.74) is 3.58. The summed E-state index contributed by atoms with van der Waals surface area (Å²) in [5, 5.41) is 3.31. The first-order chi connectivity index (χ1) is 14.6. The second-order valence-corrected chi connectivity index (χ2v) is 7.48. The molecule has 1 aromatic rings. The summed E-state index contributed by atoms with van der Waals surface area (Å²) < 4.78 is 16.8. The molecule has 0 spiro atoms. The van der Waals surface area contributed by atoms with Crippen LogP contribution in [0.25, 0.3) is 0 Å². The van der Waals surface area contributed by atoms with E-state index in [-0.39, 0.29) is 12.4 Å². The number of carbonyl (C=O) groups excluding carboxylic acids is 2. The lowest BCUT2D eigenvalue weighted by molar-refractivity contribution is -0.140. The maximum absolute atomic E-state index is 13.1. The zero-order valence-corrected chi connectivity index (χ0v) is 18.1. The van der Waals surface area contributed by atoms with Crippen LogP contribution in [0.5, 0.6) is 5.75 Å². The molecule has 1 atom stereocenters. The van der Waals surface area contributed by atoms with Gasteiger partial charge in [-0.15, -0.1) is 0 Å². The molecule has 3 rings (SSSR count). The third-order valence-electron chi connectivity index (χ3n) is 5.35. The van der Waals surface area contributed by atoms with Crippen LogP contribution in [0.3, 0.4) is 0 Å². The molecule has 1 N–H and O–H groups in total. The molecule has 0 bridgehead atoms. The topological polar surface area (TPSA) is 73.9 Å². The number of dihydropyridines is 1. The molecule has 1 aromatic carbocycles. The van der Waals surface area contributed by atoms with Gasteiger partial charge in [0.1, 0.15) is 12.4 Å². The van der Waals surface area contributed by atoms with Crippen molar-refractivity contribution in [3.8, 4) is 5.75 Å². The summed E-state index contributed by atoms with van der Waals surface area (Å²) in [6, 6.07) is 7.66. The molecule has 162 valence electrons. The highest BCUT2D eigenvalue weighted by Crippen LogP contribution is 2.45. The zero-order valence-electron chi connectivity index (χ0n) is 18.1. The fourth-order valence-electron chi connectivity index (χ4n) is 4.04. The third-order valence-corrected chi connectivity index (χ3v) is 5.35. The fraction of sp³-hybridized carbons (Fsp3) is 0.500. The molecule has 0 aromatic heterocycles. The fourth-order valence-corrected chi connectivity index (χ4v) is 4.04. The number of ether oxygens (including phenoxy) is 3. The Hall–Kier alpha value is -2.60. The summed E-state index contributed by atoms with van der Waals surface area (Å²) in [4.78, 5) is 26.1. The first kappa shape index (κ1) is 22.1. The van der Waals surface area contributed by atoms with Gasteiger partial charge in [0, 0.05) is 35.6 Å². The minimum Gasteiger partial charge on any atom is -0.493 e. The summed E-state index contributed by atoms with van der Waals surface area (Å²) in [7, 11) is 0. The predicted molar refractivity (Wildman–Crippen MR) is 114 cm³/mol. The lowest BCUT2D eigenvalue weighted by Crippen LogP contribution is -2.34. The average Bonchev–Trinajstić information content (AvgIpc) is 2.74. The molecule has 1 heterocycles. The van der Waals surface area contributed by atoms with E-state index >= 15 is 0 Å². The van der Waals surface area contributed by atoms with Gasteiger partial charge in [0.2, 0.25) is 0 Å². The Morgan fingerprint density at radius 3 is 2.70 bits per heavy atom. The Morgan fingerprint density at radius 2 is 1.93 bits per heavy atom. The highest BCUT2D eigenvalue weighted by atomic mass is 16.6. The number of para-hydroxylation sites is 1. The number of benzene rings is 1. The number of esters is 1. The second-order valence-electron chi connectivity index (χ2n) is 7.48. The standard InChI is InChI=1S/C24H31NO5/c1-4-13-29-20-12-7-6-9-17(20)22-21(24(27)30-15-14-28-5-2)16(3)25-18-10-8-11-19(26)23(18)22/h6-7,9,12,22,25H,4-5,8,10-11,13-15H2,1-3H3/t22-/m0/s1. The van der Waals surface area contributed by atoms with Crippen LogP contribution in [-0.2, 0) is 19.1 Å². The van der Waals surface area contributed by atoms with Gasteiger partial charge in [0.25, 0.3) is 0 Å². The van der Waals surface area contributed by atoms with E-state index in [1.54, 1.807) is 0 Å². The molecule has 30 heavy (non-hydrogen) atoms. The van der Waals surface area contributed by atoms with Gasteiger partial charge in [-0.05, 0) is 39.2 Å². The van der Waals surface area contributed by atoms with Crippen molar-refractivity contribution >= 4 is 11.8 Å². The number of nitrogens with one attached hydrogen (secondary N) is 1. The Labute approximate surface area is 178 Å². The van der Waals surface area contributed by atoms with E-state index in [0.29, 0.717) is 43.1 Å². The lowest BCUT2D eigenvalue weighted by Gasteiger charge is -2.34. The molecule has 0 fully saturated rings. The van der Waals surface area contributed by atoms with E-state index in [9.17, 15) is 9.59 Å². The predicted octanol–water partition coefficient (Wildman–Crippen LogP) is 4.02. The minimum atomic E-state index is -0.498. The molecular formula is C24H31NO5. The average molecular weight is 414 g/mol. The number of hydrogen-bond acceptors (Lipinski definition) is 6. The van der Waals surface area contributed by atoms with Crippen molar-refractivity contribution < 1.29 is 23.8 Å². The van der Waals surface area contributed by atoms with Crippen LogP contribution in [-0.4, -0.2) is 38.2 Å². The van der Waals surface area contributed by atoms with Crippen LogP contribution in [0.4, 0.5) is 0 Å². The van der Waals surface area contributed by atoms with Gasteiger partial charge in [0.05, 0.1) is 24.7 Å². The van der Waals surface area contributed by atoms with Crippen molar-refractivity contribution in [2.45, 2.75) is 52.4 Å². The number of carbonyl (C=O) groups is 2. The van der Waals surface area contributed by atoms with Crippen LogP contribution in [0.1, 0.15) is 57.9 Å². The van der Waals surface area contributed by atoms with Crippen LogP contribution < -0.4 is 10.1 Å². The van der Waals surface area contributed by atoms with E-state index in [1.807, 2.05) is 45.0 Å². The molecule has 0 unspecified atom stereocenters. The molecule has 1 aliphatic carbocycles. The molecule has 0 saturated heterocycles. The third kappa shape index (κ3) is 4.75. The Bertz CT molecular complexity index is 855. The summed E-state index contributed by atoms with van der Waals surface area (Å²) in [6.45, 7) is 7.45. The van der Waals surface area contributed by atoms with Crippen molar-refractivity contribution in [1.82, 2.24) is 5.32 Å². The number of Topliss-reactive ketones (excluding diaryl/α,β-unsaturated/α-hetero) is 1. The molecule has 0 radical (unpaired) electrons.